The second-order valence-electron chi connectivity index (χ2n) is 8.58. The highest BCUT2D eigenvalue weighted by Gasteiger charge is 2.36. The van der Waals surface area contributed by atoms with Gasteiger partial charge in [0.05, 0.1) is 18.1 Å². The molecule has 0 N–H and O–H groups in total. The molecule has 1 aliphatic rings. The van der Waals surface area contributed by atoms with Gasteiger partial charge in [0.1, 0.15) is 12.4 Å². The van der Waals surface area contributed by atoms with E-state index >= 15 is 0 Å². The van der Waals surface area contributed by atoms with E-state index in [2.05, 4.69) is 24.3 Å². The molecular formula is C30H23ClFNO4S. The number of thioether (sulfide) groups is 1. The van der Waals surface area contributed by atoms with E-state index in [9.17, 15) is 14.0 Å². The highest BCUT2D eigenvalue weighted by Crippen LogP contribution is 2.36. The first-order valence-corrected chi connectivity index (χ1v) is 13.2. The predicted molar refractivity (Wildman–Crippen MR) is 149 cm³/mol. The summed E-state index contributed by atoms with van der Waals surface area (Å²) in [4.78, 5) is 26.7. The largest absolute Gasteiger partial charge is 0.490 e. The number of benzene rings is 4. The Kier molecular flexibility index (Phi) is 7.67. The lowest BCUT2D eigenvalue weighted by molar-refractivity contribution is -0.123. The number of nitrogens with zero attached hydrogens (tertiary/aromatic N) is 1. The minimum atomic E-state index is -0.568. The van der Waals surface area contributed by atoms with E-state index in [0.717, 1.165) is 33.0 Å². The van der Waals surface area contributed by atoms with Gasteiger partial charge in [-0.05, 0) is 77.0 Å². The second kappa shape index (κ2) is 11.3. The Labute approximate surface area is 228 Å². The quantitative estimate of drug-likeness (QED) is 0.210. The first kappa shape index (κ1) is 25.8. The smallest absolute Gasteiger partial charge is 0.293 e. The van der Waals surface area contributed by atoms with Crippen LogP contribution in [0.4, 0.5) is 9.18 Å². The van der Waals surface area contributed by atoms with Gasteiger partial charge in [-0.1, -0.05) is 60.1 Å². The Bertz CT molecular complexity index is 1550. The van der Waals surface area contributed by atoms with E-state index in [0.29, 0.717) is 30.3 Å². The molecule has 0 aliphatic carbocycles. The Morgan fingerprint density at radius 1 is 0.921 bits per heavy atom. The summed E-state index contributed by atoms with van der Waals surface area (Å²) in [5, 5.41) is 1.98. The Morgan fingerprint density at radius 2 is 1.74 bits per heavy atom. The second-order valence-corrected chi connectivity index (χ2v) is 9.98. The van der Waals surface area contributed by atoms with Gasteiger partial charge < -0.3 is 9.47 Å². The highest BCUT2D eigenvalue weighted by atomic mass is 35.5. The number of carbonyl (C=O) groups is 2. The molecule has 1 heterocycles. The van der Waals surface area contributed by atoms with Crippen molar-refractivity contribution in [3.8, 4) is 11.5 Å². The van der Waals surface area contributed by atoms with Gasteiger partial charge in [0.2, 0.25) is 0 Å². The molecule has 1 saturated heterocycles. The summed E-state index contributed by atoms with van der Waals surface area (Å²) in [7, 11) is 0. The molecule has 0 atom stereocenters. The molecule has 0 aromatic heterocycles. The molecule has 192 valence electrons. The molecule has 1 fully saturated rings. The number of rotatable bonds is 8. The molecule has 5 nitrogen and oxygen atoms in total. The molecule has 4 aromatic rings. The van der Waals surface area contributed by atoms with Crippen molar-refractivity contribution < 1.29 is 23.5 Å². The topological polar surface area (TPSA) is 55.8 Å². The van der Waals surface area contributed by atoms with Gasteiger partial charge in [-0.15, -0.1) is 0 Å². The summed E-state index contributed by atoms with van der Waals surface area (Å²) in [5.41, 5.74) is 1.80. The standard InChI is InChI=1S/C30H23ClFNO4S/c1-2-36-27-15-19(11-13-26(27)37-18-20-10-12-21-6-3-4-7-22(21)14-20)16-28-29(34)33(30(35)38-28)17-23-24(31)8-5-9-25(23)32/h3-16H,2,17-18H2,1H3/b28-16-. The van der Waals surface area contributed by atoms with Crippen molar-refractivity contribution in [1.82, 2.24) is 4.90 Å². The minimum Gasteiger partial charge on any atom is -0.490 e. The van der Waals surface area contributed by atoms with Crippen LogP contribution < -0.4 is 9.47 Å². The van der Waals surface area contributed by atoms with Gasteiger partial charge in [0, 0.05) is 10.6 Å². The minimum absolute atomic E-state index is 0.101. The van der Waals surface area contributed by atoms with Crippen LogP contribution in [0, 0.1) is 5.82 Å². The zero-order valence-corrected chi connectivity index (χ0v) is 22.0. The van der Waals surface area contributed by atoms with Gasteiger partial charge in [-0.25, -0.2) is 4.39 Å². The van der Waals surface area contributed by atoms with Crippen LogP contribution in [0.5, 0.6) is 11.5 Å². The van der Waals surface area contributed by atoms with Crippen LogP contribution in [0.2, 0.25) is 5.02 Å². The number of fused-ring (bicyclic) bond motifs is 1. The fourth-order valence-electron chi connectivity index (χ4n) is 4.12. The molecule has 0 spiro atoms. The predicted octanol–water partition coefficient (Wildman–Crippen LogP) is 7.85. The maximum atomic E-state index is 14.2. The first-order valence-electron chi connectivity index (χ1n) is 12.0. The van der Waals surface area contributed by atoms with Gasteiger partial charge in [0.15, 0.2) is 11.5 Å². The van der Waals surface area contributed by atoms with E-state index < -0.39 is 17.0 Å². The number of halogens is 2. The van der Waals surface area contributed by atoms with Gasteiger partial charge in [-0.3, -0.25) is 14.5 Å². The van der Waals surface area contributed by atoms with Crippen LogP contribution in [0.1, 0.15) is 23.6 Å². The Balaban J connectivity index is 1.33. The number of ether oxygens (including phenoxy) is 2. The van der Waals surface area contributed by atoms with Gasteiger partial charge in [-0.2, -0.15) is 0 Å². The SMILES string of the molecule is CCOc1cc(/C=C2\SC(=O)N(Cc3c(F)cccc3Cl)C2=O)ccc1OCc1ccc2ccccc2c1. The lowest BCUT2D eigenvalue weighted by Crippen LogP contribution is -2.28. The summed E-state index contributed by atoms with van der Waals surface area (Å²) in [6.45, 7) is 2.43. The van der Waals surface area contributed by atoms with Gasteiger partial charge >= 0.3 is 0 Å². The van der Waals surface area contributed by atoms with E-state index in [4.69, 9.17) is 21.1 Å². The summed E-state index contributed by atoms with van der Waals surface area (Å²) in [6.07, 6.45) is 1.61. The summed E-state index contributed by atoms with van der Waals surface area (Å²) < 4.78 is 26.1. The van der Waals surface area contributed by atoms with Crippen LogP contribution >= 0.6 is 23.4 Å². The fraction of sp³-hybridized carbons (Fsp3) is 0.133. The van der Waals surface area contributed by atoms with E-state index in [1.54, 1.807) is 24.3 Å². The average Bonchev–Trinajstić information content (AvgIpc) is 3.17. The molecule has 0 saturated carbocycles. The number of amides is 2. The number of hydrogen-bond acceptors (Lipinski definition) is 5. The molecule has 0 bridgehead atoms. The molecule has 38 heavy (non-hydrogen) atoms. The average molecular weight is 548 g/mol. The lowest BCUT2D eigenvalue weighted by Gasteiger charge is -2.14. The third kappa shape index (κ3) is 5.54. The summed E-state index contributed by atoms with van der Waals surface area (Å²) in [6, 6.07) is 23.9. The van der Waals surface area contributed by atoms with Crippen molar-refractivity contribution in [2.24, 2.45) is 0 Å². The van der Waals surface area contributed by atoms with Crippen molar-refractivity contribution in [1.29, 1.82) is 0 Å². The van der Waals surface area contributed by atoms with Crippen molar-refractivity contribution in [3.05, 3.63) is 111 Å². The molecule has 2 amide bonds. The van der Waals surface area contributed by atoms with E-state index in [-0.39, 0.29) is 22.0 Å². The Morgan fingerprint density at radius 3 is 2.53 bits per heavy atom. The van der Waals surface area contributed by atoms with Crippen LogP contribution in [-0.4, -0.2) is 22.7 Å². The lowest BCUT2D eigenvalue weighted by atomic mass is 10.1. The van der Waals surface area contributed by atoms with Crippen molar-refractivity contribution >= 4 is 51.4 Å². The zero-order valence-electron chi connectivity index (χ0n) is 20.4. The molecule has 5 rings (SSSR count). The Hall–Kier alpha value is -3.81. The maximum absolute atomic E-state index is 14.2. The molecule has 4 aromatic carbocycles. The van der Waals surface area contributed by atoms with Crippen LogP contribution in [-0.2, 0) is 17.9 Å². The molecule has 1 aliphatic heterocycles. The van der Waals surface area contributed by atoms with Crippen LogP contribution in [0.3, 0.4) is 0 Å². The molecule has 0 unspecified atom stereocenters. The maximum Gasteiger partial charge on any atom is 0.293 e. The van der Waals surface area contributed by atoms with E-state index in [1.165, 1.54) is 18.2 Å². The van der Waals surface area contributed by atoms with Crippen molar-refractivity contribution in [3.63, 3.8) is 0 Å². The number of carbonyl (C=O) groups excluding carboxylic acids is 2. The first-order chi connectivity index (χ1) is 18.4. The van der Waals surface area contributed by atoms with Crippen molar-refractivity contribution in [2.75, 3.05) is 6.61 Å². The van der Waals surface area contributed by atoms with Crippen molar-refractivity contribution in [2.45, 2.75) is 20.1 Å². The summed E-state index contributed by atoms with van der Waals surface area (Å²) in [5.74, 6) is 0.0222. The highest BCUT2D eigenvalue weighted by molar-refractivity contribution is 8.18. The monoisotopic (exact) mass is 547 g/mol. The number of imide groups is 1. The van der Waals surface area contributed by atoms with Crippen LogP contribution in [0.25, 0.3) is 16.8 Å². The zero-order chi connectivity index (χ0) is 26.6. The van der Waals surface area contributed by atoms with E-state index in [1.807, 2.05) is 25.1 Å². The molecular weight excluding hydrogens is 525 g/mol. The van der Waals surface area contributed by atoms with Crippen LogP contribution in [0.15, 0.2) is 83.8 Å². The number of hydrogen-bond donors (Lipinski definition) is 0. The normalized spacial score (nSPS) is 14.5. The third-order valence-electron chi connectivity index (χ3n) is 6.03. The third-order valence-corrected chi connectivity index (χ3v) is 7.29. The molecule has 0 radical (unpaired) electrons. The van der Waals surface area contributed by atoms with Gasteiger partial charge in [0.25, 0.3) is 11.1 Å². The summed E-state index contributed by atoms with van der Waals surface area (Å²) >= 11 is 6.89. The fourth-order valence-corrected chi connectivity index (χ4v) is 5.18. The molecule has 8 heteroatoms.